The van der Waals surface area contributed by atoms with Gasteiger partial charge in [0.25, 0.3) is 5.91 Å². The molecule has 0 spiro atoms. The van der Waals surface area contributed by atoms with E-state index in [0.29, 0.717) is 16.3 Å². The highest BCUT2D eigenvalue weighted by molar-refractivity contribution is 6.31. The van der Waals surface area contributed by atoms with Gasteiger partial charge < -0.3 is 4.74 Å². The number of carbonyl (C=O) groups excluding carboxylic acids is 3. The van der Waals surface area contributed by atoms with E-state index in [2.05, 4.69) is 10.9 Å². The maximum Gasteiger partial charge on any atom is 0.273 e. The fraction of sp³-hybridized carbons (Fsp3) is 0.167. The number of ether oxygens (including phenoxy) is 1. The van der Waals surface area contributed by atoms with Crippen molar-refractivity contribution < 1.29 is 19.1 Å². The Labute approximate surface area is 150 Å². The number of amides is 2. The van der Waals surface area contributed by atoms with Crippen molar-refractivity contribution in [3.05, 3.63) is 64.7 Å². The van der Waals surface area contributed by atoms with Gasteiger partial charge in [-0.2, -0.15) is 0 Å². The van der Waals surface area contributed by atoms with Gasteiger partial charge in [0.2, 0.25) is 5.91 Å². The fourth-order valence-corrected chi connectivity index (χ4v) is 2.28. The van der Waals surface area contributed by atoms with Crippen molar-refractivity contribution in [2.75, 3.05) is 7.11 Å². The molecular weight excluding hydrogens is 344 g/mol. The van der Waals surface area contributed by atoms with Crippen molar-refractivity contribution in [3.8, 4) is 5.75 Å². The highest BCUT2D eigenvalue weighted by Crippen LogP contribution is 2.22. The third-order valence-corrected chi connectivity index (χ3v) is 3.63. The first-order chi connectivity index (χ1) is 12.0. The Morgan fingerprint density at radius 2 is 1.72 bits per heavy atom. The van der Waals surface area contributed by atoms with E-state index in [0.717, 1.165) is 0 Å². The summed E-state index contributed by atoms with van der Waals surface area (Å²) in [5.41, 5.74) is 5.28. The molecule has 0 unspecified atom stereocenters. The predicted octanol–water partition coefficient (Wildman–Crippen LogP) is 2.77. The van der Waals surface area contributed by atoms with Crippen molar-refractivity contribution in [1.82, 2.24) is 10.9 Å². The number of hydrazine groups is 1. The van der Waals surface area contributed by atoms with Gasteiger partial charge in [-0.25, -0.2) is 0 Å². The molecule has 0 bridgehead atoms. The summed E-state index contributed by atoms with van der Waals surface area (Å²) in [4.78, 5) is 35.8. The third-order valence-electron chi connectivity index (χ3n) is 3.40. The van der Waals surface area contributed by atoms with Crippen LogP contribution in [0.15, 0.2) is 48.5 Å². The van der Waals surface area contributed by atoms with Crippen LogP contribution >= 0.6 is 11.6 Å². The highest BCUT2D eigenvalue weighted by atomic mass is 35.5. The van der Waals surface area contributed by atoms with Crippen LogP contribution in [0.3, 0.4) is 0 Å². The second kappa shape index (κ2) is 8.84. The Hall–Kier alpha value is -2.86. The average Bonchev–Trinajstić information content (AvgIpc) is 2.64. The second-order valence-corrected chi connectivity index (χ2v) is 5.57. The Morgan fingerprint density at radius 3 is 2.40 bits per heavy atom. The summed E-state index contributed by atoms with van der Waals surface area (Å²) in [5.74, 6) is -0.852. The zero-order valence-electron chi connectivity index (χ0n) is 13.5. The first kappa shape index (κ1) is 18.5. The molecular formula is C18H17ClN2O4. The number of ketones is 1. The maximum absolute atomic E-state index is 12.1. The minimum Gasteiger partial charge on any atom is -0.496 e. The maximum atomic E-state index is 12.1. The number of rotatable bonds is 6. The van der Waals surface area contributed by atoms with E-state index in [1.54, 1.807) is 36.4 Å². The lowest BCUT2D eigenvalue weighted by Gasteiger charge is -2.10. The van der Waals surface area contributed by atoms with Crippen LogP contribution in [0.5, 0.6) is 5.75 Å². The zero-order valence-corrected chi connectivity index (χ0v) is 14.3. The van der Waals surface area contributed by atoms with Crippen LogP contribution in [0.1, 0.15) is 33.6 Å². The molecule has 0 aliphatic heterocycles. The Morgan fingerprint density at radius 1 is 1.00 bits per heavy atom. The lowest BCUT2D eigenvalue weighted by Crippen LogP contribution is -2.41. The number of carbonyl (C=O) groups is 3. The van der Waals surface area contributed by atoms with Gasteiger partial charge in [-0.15, -0.1) is 0 Å². The molecule has 7 heteroatoms. The molecule has 0 heterocycles. The van der Waals surface area contributed by atoms with E-state index in [1.165, 1.54) is 13.2 Å². The van der Waals surface area contributed by atoms with E-state index in [4.69, 9.17) is 16.3 Å². The summed E-state index contributed by atoms with van der Waals surface area (Å²) < 4.78 is 5.08. The van der Waals surface area contributed by atoms with Crippen LogP contribution in [0.4, 0.5) is 0 Å². The van der Waals surface area contributed by atoms with Gasteiger partial charge in [-0.3, -0.25) is 25.2 Å². The normalized spacial score (nSPS) is 10.0. The lowest BCUT2D eigenvalue weighted by atomic mass is 10.1. The quantitative estimate of drug-likeness (QED) is 0.612. The molecule has 0 fully saturated rings. The molecule has 0 saturated heterocycles. The van der Waals surface area contributed by atoms with Crippen LogP contribution in [0, 0.1) is 0 Å². The van der Waals surface area contributed by atoms with Gasteiger partial charge in [0.15, 0.2) is 5.78 Å². The summed E-state index contributed by atoms with van der Waals surface area (Å²) in [5, 5.41) is 0.366. The number of methoxy groups -OCH3 is 1. The molecule has 2 rings (SSSR count). The molecule has 0 aromatic heterocycles. The van der Waals surface area contributed by atoms with Gasteiger partial charge in [0.1, 0.15) is 5.75 Å². The van der Waals surface area contributed by atoms with Crippen LogP contribution in [0.2, 0.25) is 5.02 Å². The number of benzene rings is 2. The molecule has 2 aromatic carbocycles. The lowest BCUT2D eigenvalue weighted by molar-refractivity contribution is -0.121. The van der Waals surface area contributed by atoms with Crippen LogP contribution in [0.25, 0.3) is 0 Å². The predicted molar refractivity (Wildman–Crippen MR) is 93.6 cm³/mol. The Balaban J connectivity index is 1.85. The van der Waals surface area contributed by atoms with Crippen molar-refractivity contribution >= 4 is 29.2 Å². The summed E-state index contributed by atoms with van der Waals surface area (Å²) in [6, 6.07) is 13.3. The van der Waals surface area contributed by atoms with Crippen LogP contribution in [-0.4, -0.2) is 24.7 Å². The average molecular weight is 361 g/mol. The molecule has 2 amide bonds. The second-order valence-electron chi connectivity index (χ2n) is 5.14. The molecule has 2 aromatic rings. The molecule has 0 radical (unpaired) electrons. The first-order valence-electron chi connectivity index (χ1n) is 7.52. The first-order valence-corrected chi connectivity index (χ1v) is 7.90. The number of halogens is 1. The van der Waals surface area contributed by atoms with E-state index in [9.17, 15) is 14.4 Å². The van der Waals surface area contributed by atoms with Crippen molar-refractivity contribution in [2.45, 2.75) is 12.8 Å². The van der Waals surface area contributed by atoms with Crippen molar-refractivity contribution in [3.63, 3.8) is 0 Å². The van der Waals surface area contributed by atoms with E-state index in [1.807, 2.05) is 6.07 Å². The van der Waals surface area contributed by atoms with Gasteiger partial charge in [-0.1, -0.05) is 41.9 Å². The molecule has 6 nitrogen and oxygen atoms in total. The molecule has 0 atom stereocenters. The van der Waals surface area contributed by atoms with Crippen molar-refractivity contribution in [2.24, 2.45) is 0 Å². The Bertz CT molecular complexity index is 778. The van der Waals surface area contributed by atoms with Gasteiger partial charge in [-0.05, 0) is 18.2 Å². The van der Waals surface area contributed by atoms with E-state index < -0.39 is 11.8 Å². The van der Waals surface area contributed by atoms with Crippen LogP contribution < -0.4 is 15.6 Å². The Kier molecular flexibility index (Phi) is 6.54. The monoisotopic (exact) mass is 360 g/mol. The van der Waals surface area contributed by atoms with E-state index >= 15 is 0 Å². The minimum atomic E-state index is -0.568. The topological polar surface area (TPSA) is 84.5 Å². The zero-order chi connectivity index (χ0) is 18.2. The summed E-state index contributed by atoms with van der Waals surface area (Å²) in [6.45, 7) is 0. The summed E-state index contributed by atoms with van der Waals surface area (Å²) in [6.07, 6.45) is 0.00684. The summed E-state index contributed by atoms with van der Waals surface area (Å²) >= 11 is 5.86. The number of hydrogen-bond acceptors (Lipinski definition) is 4. The van der Waals surface area contributed by atoms with Gasteiger partial charge in [0, 0.05) is 23.4 Å². The standard InChI is InChI=1S/C18H17ClN2O4/c1-25-16-9-7-13(19)11-14(16)18(24)21-20-17(23)10-8-15(22)12-5-3-2-4-6-12/h2-7,9,11H,8,10H2,1H3,(H,20,23)(H,21,24). The van der Waals surface area contributed by atoms with E-state index in [-0.39, 0.29) is 24.2 Å². The van der Waals surface area contributed by atoms with Crippen LogP contribution in [-0.2, 0) is 4.79 Å². The highest BCUT2D eigenvalue weighted by Gasteiger charge is 2.14. The fourth-order valence-electron chi connectivity index (χ4n) is 2.11. The number of Topliss-reactive ketones (excluding diaryl/α,β-unsaturated/α-hetero) is 1. The van der Waals surface area contributed by atoms with Gasteiger partial charge in [0.05, 0.1) is 12.7 Å². The smallest absolute Gasteiger partial charge is 0.273 e. The number of nitrogens with one attached hydrogen (secondary N) is 2. The number of hydrogen-bond donors (Lipinski definition) is 2. The molecule has 130 valence electrons. The molecule has 2 N–H and O–H groups in total. The SMILES string of the molecule is COc1ccc(Cl)cc1C(=O)NNC(=O)CCC(=O)c1ccccc1. The molecule has 25 heavy (non-hydrogen) atoms. The molecule has 0 aliphatic rings. The van der Waals surface area contributed by atoms with Crippen molar-refractivity contribution in [1.29, 1.82) is 0 Å². The molecule has 0 saturated carbocycles. The largest absolute Gasteiger partial charge is 0.496 e. The minimum absolute atomic E-state index is 0.0410. The third kappa shape index (κ3) is 5.32. The van der Waals surface area contributed by atoms with Gasteiger partial charge >= 0.3 is 0 Å². The molecule has 0 aliphatic carbocycles. The summed E-state index contributed by atoms with van der Waals surface area (Å²) in [7, 11) is 1.42.